The molecule has 1 rings (SSSR count). The average Bonchev–Trinajstić information content (AvgIpc) is 2.18. The van der Waals surface area contributed by atoms with Crippen LogP contribution in [0.3, 0.4) is 0 Å². The Kier molecular flexibility index (Phi) is 5.89. The van der Waals surface area contributed by atoms with Gasteiger partial charge in [-0.15, -0.1) is 12.4 Å². The molecule has 3 nitrogen and oxygen atoms in total. The fraction of sp³-hybridized carbons (Fsp3) is 0.300. The number of hydrogen-bond donors (Lipinski definition) is 2. The first-order chi connectivity index (χ1) is 6.69. The molecular formula is C10H14ClFN2O. The minimum Gasteiger partial charge on any atom is -0.352 e. The lowest BCUT2D eigenvalue weighted by Crippen LogP contribution is -2.22. The number of halogens is 2. The predicted molar refractivity (Wildman–Crippen MR) is 59.5 cm³/mol. The van der Waals surface area contributed by atoms with E-state index < -0.39 is 5.82 Å². The van der Waals surface area contributed by atoms with Gasteiger partial charge in [0.15, 0.2) is 0 Å². The maximum absolute atomic E-state index is 13.2. The summed E-state index contributed by atoms with van der Waals surface area (Å²) >= 11 is 0. The van der Waals surface area contributed by atoms with Gasteiger partial charge in [0.2, 0.25) is 0 Å². The Morgan fingerprint density at radius 2 is 2.20 bits per heavy atom. The normalized spacial score (nSPS) is 9.27. The third-order valence-corrected chi connectivity index (χ3v) is 1.87. The van der Waals surface area contributed by atoms with Crippen molar-refractivity contribution in [3.05, 3.63) is 35.1 Å². The molecule has 0 aromatic heterocycles. The van der Waals surface area contributed by atoms with Gasteiger partial charge in [0.25, 0.3) is 5.91 Å². The maximum Gasteiger partial charge on any atom is 0.251 e. The number of nitrogens with one attached hydrogen (secondary N) is 1. The van der Waals surface area contributed by atoms with E-state index in [9.17, 15) is 9.18 Å². The zero-order valence-electron chi connectivity index (χ0n) is 8.42. The molecule has 0 aliphatic carbocycles. The molecule has 1 aromatic rings. The number of nitrogens with two attached hydrogens (primary N) is 1. The summed E-state index contributed by atoms with van der Waals surface area (Å²) in [6, 6.07) is 4.30. The first-order valence-electron chi connectivity index (χ1n) is 4.45. The summed E-state index contributed by atoms with van der Waals surface area (Å²) in [5.74, 6) is -0.703. The molecule has 15 heavy (non-hydrogen) atoms. The molecule has 1 aromatic carbocycles. The van der Waals surface area contributed by atoms with E-state index in [1.165, 1.54) is 12.1 Å². The highest BCUT2D eigenvalue weighted by molar-refractivity contribution is 5.94. The van der Waals surface area contributed by atoms with E-state index in [0.29, 0.717) is 17.7 Å². The third kappa shape index (κ3) is 3.49. The van der Waals surface area contributed by atoms with Crippen molar-refractivity contribution in [3.8, 4) is 0 Å². The molecule has 0 saturated carbocycles. The number of carbonyl (C=O) groups excluding carboxylic acids is 1. The molecule has 0 saturated heterocycles. The molecule has 0 radical (unpaired) electrons. The van der Waals surface area contributed by atoms with Crippen molar-refractivity contribution < 1.29 is 9.18 Å². The summed E-state index contributed by atoms with van der Waals surface area (Å²) in [7, 11) is 0. The monoisotopic (exact) mass is 232 g/mol. The highest BCUT2D eigenvalue weighted by Crippen LogP contribution is 2.09. The van der Waals surface area contributed by atoms with Crippen molar-refractivity contribution in [3.63, 3.8) is 0 Å². The minimum atomic E-state index is -0.434. The van der Waals surface area contributed by atoms with Gasteiger partial charge in [-0.05, 0) is 19.1 Å². The summed E-state index contributed by atoms with van der Waals surface area (Å²) in [5.41, 5.74) is 6.03. The molecule has 0 spiro atoms. The van der Waals surface area contributed by atoms with Gasteiger partial charge in [0.05, 0.1) is 0 Å². The second-order valence-corrected chi connectivity index (χ2v) is 2.87. The Labute approximate surface area is 94.3 Å². The summed E-state index contributed by atoms with van der Waals surface area (Å²) in [4.78, 5) is 11.3. The van der Waals surface area contributed by atoms with Crippen molar-refractivity contribution in [1.29, 1.82) is 0 Å². The van der Waals surface area contributed by atoms with Crippen molar-refractivity contribution >= 4 is 18.3 Å². The largest absolute Gasteiger partial charge is 0.352 e. The number of hydrogen-bond acceptors (Lipinski definition) is 2. The van der Waals surface area contributed by atoms with Crippen LogP contribution in [0.4, 0.5) is 4.39 Å². The SMILES string of the molecule is CCNC(=O)c1ccc(CN)c(F)c1.Cl. The Morgan fingerprint density at radius 3 is 2.67 bits per heavy atom. The van der Waals surface area contributed by atoms with E-state index >= 15 is 0 Å². The second-order valence-electron chi connectivity index (χ2n) is 2.87. The smallest absolute Gasteiger partial charge is 0.251 e. The van der Waals surface area contributed by atoms with Gasteiger partial charge in [0.1, 0.15) is 5.82 Å². The molecule has 5 heteroatoms. The maximum atomic E-state index is 13.2. The van der Waals surface area contributed by atoms with E-state index in [-0.39, 0.29) is 24.9 Å². The summed E-state index contributed by atoms with van der Waals surface area (Å²) in [5, 5.41) is 2.59. The third-order valence-electron chi connectivity index (χ3n) is 1.87. The van der Waals surface area contributed by atoms with E-state index in [2.05, 4.69) is 5.32 Å². The first kappa shape index (κ1) is 13.9. The van der Waals surface area contributed by atoms with E-state index in [0.717, 1.165) is 0 Å². The Balaban J connectivity index is 0.00000196. The quantitative estimate of drug-likeness (QED) is 0.829. The van der Waals surface area contributed by atoms with Crippen LogP contribution in [-0.2, 0) is 6.54 Å². The van der Waals surface area contributed by atoms with Crippen LogP contribution in [0.25, 0.3) is 0 Å². The van der Waals surface area contributed by atoms with Crippen LogP contribution in [0.2, 0.25) is 0 Å². The number of carbonyl (C=O) groups is 1. The molecule has 84 valence electrons. The van der Waals surface area contributed by atoms with Crippen molar-refractivity contribution in [2.24, 2.45) is 5.73 Å². The second kappa shape index (κ2) is 6.37. The summed E-state index contributed by atoms with van der Waals surface area (Å²) < 4.78 is 13.2. The lowest BCUT2D eigenvalue weighted by Gasteiger charge is -2.04. The van der Waals surface area contributed by atoms with Crippen LogP contribution < -0.4 is 11.1 Å². The molecule has 0 aliphatic rings. The number of rotatable bonds is 3. The molecule has 0 atom stereocenters. The summed E-state index contributed by atoms with van der Waals surface area (Å²) in [6.07, 6.45) is 0. The fourth-order valence-electron chi connectivity index (χ4n) is 1.12. The lowest BCUT2D eigenvalue weighted by atomic mass is 10.1. The van der Waals surface area contributed by atoms with Gasteiger partial charge in [0, 0.05) is 24.2 Å². The van der Waals surface area contributed by atoms with Crippen LogP contribution in [0, 0.1) is 5.82 Å². The van der Waals surface area contributed by atoms with Gasteiger partial charge < -0.3 is 11.1 Å². The Morgan fingerprint density at radius 1 is 1.53 bits per heavy atom. The number of benzene rings is 1. The Hall–Kier alpha value is -1.13. The molecule has 0 aliphatic heterocycles. The molecular weight excluding hydrogens is 219 g/mol. The van der Waals surface area contributed by atoms with Crippen LogP contribution in [0.1, 0.15) is 22.8 Å². The minimum absolute atomic E-state index is 0. The van der Waals surface area contributed by atoms with Crippen LogP contribution in [0.15, 0.2) is 18.2 Å². The molecule has 1 amide bonds. The van der Waals surface area contributed by atoms with E-state index in [4.69, 9.17) is 5.73 Å². The van der Waals surface area contributed by atoms with Gasteiger partial charge in [-0.2, -0.15) is 0 Å². The topological polar surface area (TPSA) is 55.1 Å². The predicted octanol–water partition coefficient (Wildman–Crippen LogP) is 1.46. The van der Waals surface area contributed by atoms with Gasteiger partial charge in [-0.25, -0.2) is 4.39 Å². The van der Waals surface area contributed by atoms with Gasteiger partial charge >= 0.3 is 0 Å². The molecule has 0 fully saturated rings. The zero-order valence-corrected chi connectivity index (χ0v) is 9.23. The molecule has 3 N–H and O–H groups in total. The van der Waals surface area contributed by atoms with Crippen LogP contribution in [0.5, 0.6) is 0 Å². The van der Waals surface area contributed by atoms with E-state index in [1.54, 1.807) is 6.07 Å². The highest BCUT2D eigenvalue weighted by Gasteiger charge is 2.07. The standard InChI is InChI=1S/C10H13FN2O.ClH/c1-2-13-10(14)7-3-4-8(6-12)9(11)5-7;/h3-5H,2,6,12H2,1H3,(H,13,14);1H. The molecule has 0 unspecified atom stereocenters. The average molecular weight is 233 g/mol. The first-order valence-corrected chi connectivity index (χ1v) is 4.45. The number of amides is 1. The van der Waals surface area contributed by atoms with Crippen LogP contribution in [-0.4, -0.2) is 12.5 Å². The lowest BCUT2D eigenvalue weighted by molar-refractivity contribution is 0.0955. The Bertz CT molecular complexity index is 344. The summed E-state index contributed by atoms with van der Waals surface area (Å²) in [6.45, 7) is 2.48. The van der Waals surface area contributed by atoms with Crippen molar-refractivity contribution in [1.82, 2.24) is 5.32 Å². The molecule has 0 bridgehead atoms. The van der Waals surface area contributed by atoms with Crippen molar-refractivity contribution in [2.75, 3.05) is 6.54 Å². The van der Waals surface area contributed by atoms with Gasteiger partial charge in [-0.1, -0.05) is 6.07 Å². The highest BCUT2D eigenvalue weighted by atomic mass is 35.5. The van der Waals surface area contributed by atoms with Crippen molar-refractivity contribution in [2.45, 2.75) is 13.5 Å². The fourth-order valence-corrected chi connectivity index (χ4v) is 1.12. The van der Waals surface area contributed by atoms with E-state index in [1.807, 2.05) is 6.92 Å². The van der Waals surface area contributed by atoms with Crippen LogP contribution >= 0.6 is 12.4 Å². The molecule has 0 heterocycles. The zero-order chi connectivity index (χ0) is 10.6. The van der Waals surface area contributed by atoms with Gasteiger partial charge in [-0.3, -0.25) is 4.79 Å².